The largest absolute Gasteiger partial charge is 0.479 e. The van der Waals surface area contributed by atoms with E-state index in [1.807, 2.05) is 48.5 Å². The molecule has 3 aromatic rings. The third-order valence-electron chi connectivity index (χ3n) is 6.26. The number of benzene rings is 3. The van der Waals surface area contributed by atoms with Crippen LogP contribution in [0, 0.1) is 5.82 Å². The molecule has 168 valence electrons. The van der Waals surface area contributed by atoms with E-state index in [9.17, 15) is 19.1 Å². The first-order valence-electron chi connectivity index (χ1n) is 10.8. The predicted octanol–water partition coefficient (Wildman–Crippen LogP) is 6.02. The third kappa shape index (κ3) is 3.95. The Labute approximate surface area is 195 Å². The number of nitrogens with zero attached hydrogens (tertiary/aromatic N) is 1. The first-order chi connectivity index (χ1) is 16.0. The average Bonchev–Trinajstić information content (AvgIpc) is 3.58. The third-order valence-corrected chi connectivity index (χ3v) is 6.58. The predicted molar refractivity (Wildman–Crippen MR) is 122 cm³/mol. The van der Waals surface area contributed by atoms with E-state index >= 15 is 0 Å². The highest BCUT2D eigenvalue weighted by Gasteiger charge is 2.43. The second-order valence-electron chi connectivity index (χ2n) is 8.35. The molecule has 1 atom stereocenters. The minimum Gasteiger partial charge on any atom is -0.479 e. The first-order valence-corrected chi connectivity index (χ1v) is 11.1. The van der Waals surface area contributed by atoms with Crippen LogP contribution in [0.4, 0.5) is 9.18 Å². The van der Waals surface area contributed by atoms with Crippen LogP contribution in [0.3, 0.4) is 0 Å². The van der Waals surface area contributed by atoms with E-state index in [0.717, 1.165) is 34.4 Å². The Hall–Kier alpha value is -3.38. The molecule has 1 amide bonds. The van der Waals surface area contributed by atoms with E-state index in [0.29, 0.717) is 12.8 Å². The van der Waals surface area contributed by atoms with Crippen molar-refractivity contribution in [1.29, 1.82) is 0 Å². The van der Waals surface area contributed by atoms with E-state index in [2.05, 4.69) is 0 Å². The number of carbonyl (C=O) groups is 2. The lowest BCUT2D eigenvalue weighted by Gasteiger charge is -2.29. The Kier molecular flexibility index (Phi) is 5.54. The molecule has 0 bridgehead atoms. The van der Waals surface area contributed by atoms with Gasteiger partial charge in [-0.2, -0.15) is 0 Å². The van der Waals surface area contributed by atoms with Crippen molar-refractivity contribution >= 4 is 23.7 Å². The summed E-state index contributed by atoms with van der Waals surface area (Å²) in [5.74, 6) is -1.96. The molecule has 3 aromatic carbocycles. The number of hydrogen-bond donors (Lipinski definition) is 1. The first kappa shape index (κ1) is 21.5. The number of halogens is 2. The minimum atomic E-state index is -1.36. The van der Waals surface area contributed by atoms with Crippen molar-refractivity contribution in [3.8, 4) is 11.1 Å². The van der Waals surface area contributed by atoms with Gasteiger partial charge in [-0.3, -0.25) is 4.90 Å². The highest BCUT2D eigenvalue weighted by Crippen LogP contribution is 2.45. The topological polar surface area (TPSA) is 66.8 Å². The average molecular weight is 466 g/mol. The van der Waals surface area contributed by atoms with Crippen molar-refractivity contribution in [2.45, 2.75) is 30.8 Å². The van der Waals surface area contributed by atoms with Crippen molar-refractivity contribution in [3.63, 3.8) is 0 Å². The zero-order chi connectivity index (χ0) is 23.1. The lowest BCUT2D eigenvalue weighted by atomic mass is 9.98. The van der Waals surface area contributed by atoms with Crippen LogP contribution >= 0.6 is 11.6 Å². The van der Waals surface area contributed by atoms with Crippen LogP contribution < -0.4 is 0 Å². The molecular formula is C26H21ClFNO4. The smallest absolute Gasteiger partial charge is 0.411 e. The van der Waals surface area contributed by atoms with Crippen molar-refractivity contribution in [1.82, 2.24) is 4.90 Å². The van der Waals surface area contributed by atoms with Crippen LogP contribution in [0.5, 0.6) is 0 Å². The van der Waals surface area contributed by atoms with E-state index < -0.39 is 23.9 Å². The summed E-state index contributed by atoms with van der Waals surface area (Å²) < 4.78 is 19.3. The van der Waals surface area contributed by atoms with Crippen LogP contribution in [0.2, 0.25) is 5.02 Å². The molecule has 1 saturated carbocycles. The molecule has 2 aliphatic rings. The van der Waals surface area contributed by atoms with Crippen molar-refractivity contribution in [3.05, 3.63) is 94.3 Å². The molecule has 5 nitrogen and oxygen atoms in total. The standard InChI is InChI=1S/C26H21ClFNO4/c27-23-13-15(28)9-12-21(23)24(25(30)31)29(16-10-11-16)26(32)33-14-22-19-7-3-1-5-17(19)18-6-2-4-8-20(18)22/h1-9,12-13,16,22,24H,10-11,14H2,(H,30,31). The minimum absolute atomic E-state index is 0.0421. The molecule has 0 aliphatic heterocycles. The number of carboxylic acid groups (broad SMARTS) is 1. The van der Waals surface area contributed by atoms with Gasteiger partial charge in [0.2, 0.25) is 0 Å². The van der Waals surface area contributed by atoms with Crippen LogP contribution in [-0.2, 0) is 9.53 Å². The molecule has 0 heterocycles. The zero-order valence-electron chi connectivity index (χ0n) is 17.6. The van der Waals surface area contributed by atoms with Crippen LogP contribution in [0.25, 0.3) is 11.1 Å². The molecule has 0 aromatic heterocycles. The van der Waals surface area contributed by atoms with Gasteiger partial charge in [0.25, 0.3) is 0 Å². The number of fused-ring (bicyclic) bond motifs is 3. The van der Waals surface area contributed by atoms with Gasteiger partial charge in [0.1, 0.15) is 12.4 Å². The Morgan fingerprint density at radius 3 is 2.18 bits per heavy atom. The summed E-state index contributed by atoms with van der Waals surface area (Å²) in [5, 5.41) is 9.91. The molecular weight excluding hydrogens is 445 g/mol. The Morgan fingerprint density at radius 2 is 1.64 bits per heavy atom. The monoisotopic (exact) mass is 465 g/mol. The summed E-state index contributed by atoms with van der Waals surface area (Å²) in [5.41, 5.74) is 4.51. The maximum atomic E-state index is 13.5. The van der Waals surface area contributed by atoms with E-state index in [4.69, 9.17) is 16.3 Å². The molecule has 0 radical (unpaired) electrons. The summed E-state index contributed by atoms with van der Waals surface area (Å²) in [6.07, 6.45) is 0.631. The Balaban J connectivity index is 1.42. The Morgan fingerprint density at radius 1 is 1.03 bits per heavy atom. The quantitative estimate of drug-likeness (QED) is 0.483. The van der Waals surface area contributed by atoms with Gasteiger partial charge in [0.05, 0.1) is 0 Å². The SMILES string of the molecule is O=C(O)C(c1ccc(F)cc1Cl)N(C(=O)OCC1c2ccccc2-c2ccccc21)C1CC1. The van der Waals surface area contributed by atoms with Gasteiger partial charge in [-0.25, -0.2) is 14.0 Å². The number of rotatable bonds is 6. The maximum Gasteiger partial charge on any atom is 0.411 e. The van der Waals surface area contributed by atoms with E-state index in [1.54, 1.807) is 0 Å². The summed E-state index contributed by atoms with van der Waals surface area (Å²) in [6.45, 7) is 0.0829. The molecule has 1 unspecified atom stereocenters. The number of carboxylic acids is 1. The van der Waals surface area contributed by atoms with Gasteiger partial charge in [0.15, 0.2) is 6.04 Å². The van der Waals surface area contributed by atoms with Crippen molar-refractivity contribution in [2.24, 2.45) is 0 Å². The number of amides is 1. The number of ether oxygens (including phenoxy) is 1. The molecule has 1 N–H and O–H groups in total. The fourth-order valence-electron chi connectivity index (χ4n) is 4.61. The highest BCUT2D eigenvalue weighted by atomic mass is 35.5. The fraction of sp³-hybridized carbons (Fsp3) is 0.231. The van der Waals surface area contributed by atoms with Gasteiger partial charge >= 0.3 is 12.1 Å². The van der Waals surface area contributed by atoms with Crippen LogP contribution in [0.15, 0.2) is 66.7 Å². The second-order valence-corrected chi connectivity index (χ2v) is 8.76. The molecule has 0 spiro atoms. The van der Waals surface area contributed by atoms with Gasteiger partial charge in [-0.1, -0.05) is 66.2 Å². The van der Waals surface area contributed by atoms with Gasteiger partial charge in [0, 0.05) is 22.5 Å². The number of hydrogen-bond acceptors (Lipinski definition) is 3. The van der Waals surface area contributed by atoms with Crippen molar-refractivity contribution in [2.75, 3.05) is 6.61 Å². The summed E-state index contributed by atoms with van der Waals surface area (Å²) in [6, 6.07) is 17.9. The molecule has 2 aliphatic carbocycles. The van der Waals surface area contributed by atoms with Crippen LogP contribution in [-0.4, -0.2) is 34.7 Å². The van der Waals surface area contributed by atoms with Crippen molar-refractivity contribution < 1.29 is 23.8 Å². The van der Waals surface area contributed by atoms with Gasteiger partial charge < -0.3 is 9.84 Å². The molecule has 7 heteroatoms. The summed E-state index contributed by atoms with van der Waals surface area (Å²) in [7, 11) is 0. The van der Waals surface area contributed by atoms with E-state index in [1.165, 1.54) is 11.0 Å². The molecule has 1 fully saturated rings. The molecule has 5 rings (SSSR count). The summed E-state index contributed by atoms with van der Waals surface area (Å²) >= 11 is 6.15. The lowest BCUT2D eigenvalue weighted by molar-refractivity contribution is -0.143. The van der Waals surface area contributed by atoms with Gasteiger partial charge in [-0.05, 0) is 47.2 Å². The summed E-state index contributed by atoms with van der Waals surface area (Å²) in [4.78, 5) is 26.7. The molecule has 33 heavy (non-hydrogen) atoms. The second kappa shape index (κ2) is 8.52. The maximum absolute atomic E-state index is 13.5. The lowest BCUT2D eigenvalue weighted by Crippen LogP contribution is -2.41. The Bertz CT molecular complexity index is 1200. The number of carbonyl (C=O) groups excluding carboxylic acids is 1. The normalized spacial score (nSPS) is 15.5. The molecule has 0 saturated heterocycles. The highest BCUT2D eigenvalue weighted by molar-refractivity contribution is 6.31. The fourth-order valence-corrected chi connectivity index (χ4v) is 4.88. The number of aliphatic carboxylic acids is 1. The van der Waals surface area contributed by atoms with E-state index in [-0.39, 0.29) is 29.2 Å². The van der Waals surface area contributed by atoms with Crippen LogP contribution in [0.1, 0.15) is 41.5 Å². The zero-order valence-corrected chi connectivity index (χ0v) is 18.3. The van der Waals surface area contributed by atoms with Gasteiger partial charge in [-0.15, -0.1) is 0 Å².